The second-order valence-electron chi connectivity index (χ2n) is 5.87. The molecule has 0 unspecified atom stereocenters. The Morgan fingerprint density at radius 1 is 1.25 bits per heavy atom. The SMILES string of the molecule is CC(=NNC(=O)c1ccoc1C)c1cccc(NC(=O)C2CC2)c1. The molecule has 1 aliphatic carbocycles. The average molecular weight is 325 g/mol. The third-order valence-electron chi connectivity index (χ3n) is 3.92. The van der Waals surface area contributed by atoms with Crippen LogP contribution in [0.5, 0.6) is 0 Å². The summed E-state index contributed by atoms with van der Waals surface area (Å²) in [6.45, 7) is 3.52. The van der Waals surface area contributed by atoms with E-state index in [2.05, 4.69) is 15.8 Å². The molecule has 1 aromatic carbocycles. The molecular formula is C18H19N3O3. The Morgan fingerprint density at radius 2 is 2.04 bits per heavy atom. The summed E-state index contributed by atoms with van der Waals surface area (Å²) in [6.07, 6.45) is 3.39. The predicted octanol–water partition coefficient (Wildman–Crippen LogP) is 3.09. The van der Waals surface area contributed by atoms with Gasteiger partial charge in [-0.3, -0.25) is 9.59 Å². The van der Waals surface area contributed by atoms with Crippen LogP contribution in [0.2, 0.25) is 0 Å². The minimum absolute atomic E-state index is 0.0606. The number of hydrazone groups is 1. The molecule has 0 atom stereocenters. The van der Waals surface area contributed by atoms with Gasteiger partial charge in [-0.2, -0.15) is 5.10 Å². The number of benzene rings is 1. The van der Waals surface area contributed by atoms with Crippen LogP contribution in [-0.4, -0.2) is 17.5 Å². The first kappa shape index (κ1) is 16.0. The zero-order chi connectivity index (χ0) is 17.1. The summed E-state index contributed by atoms with van der Waals surface area (Å²) >= 11 is 0. The largest absolute Gasteiger partial charge is 0.469 e. The Kier molecular flexibility index (Phi) is 4.46. The second-order valence-corrected chi connectivity index (χ2v) is 5.87. The molecule has 124 valence electrons. The van der Waals surface area contributed by atoms with Crippen molar-refractivity contribution in [2.45, 2.75) is 26.7 Å². The van der Waals surface area contributed by atoms with Gasteiger partial charge < -0.3 is 9.73 Å². The lowest BCUT2D eigenvalue weighted by Gasteiger charge is -2.07. The maximum Gasteiger partial charge on any atom is 0.274 e. The van der Waals surface area contributed by atoms with Crippen LogP contribution in [0.3, 0.4) is 0 Å². The van der Waals surface area contributed by atoms with Crippen LogP contribution >= 0.6 is 0 Å². The van der Waals surface area contributed by atoms with Crippen molar-refractivity contribution in [3.05, 3.63) is 53.5 Å². The minimum Gasteiger partial charge on any atom is -0.469 e. The molecule has 1 fully saturated rings. The van der Waals surface area contributed by atoms with Gasteiger partial charge in [0.25, 0.3) is 5.91 Å². The van der Waals surface area contributed by atoms with Gasteiger partial charge in [-0.15, -0.1) is 0 Å². The van der Waals surface area contributed by atoms with Crippen molar-refractivity contribution in [3.8, 4) is 0 Å². The number of nitrogens with zero attached hydrogens (tertiary/aromatic N) is 1. The summed E-state index contributed by atoms with van der Waals surface area (Å²) in [5.74, 6) is 0.440. The molecule has 2 N–H and O–H groups in total. The van der Waals surface area contributed by atoms with E-state index in [-0.39, 0.29) is 17.7 Å². The van der Waals surface area contributed by atoms with Crippen molar-refractivity contribution in [1.82, 2.24) is 5.43 Å². The number of nitrogens with one attached hydrogen (secondary N) is 2. The molecular weight excluding hydrogens is 306 g/mol. The number of carbonyl (C=O) groups is 2. The molecule has 0 bridgehead atoms. The van der Waals surface area contributed by atoms with E-state index in [0.29, 0.717) is 17.0 Å². The smallest absolute Gasteiger partial charge is 0.274 e. The highest BCUT2D eigenvalue weighted by Crippen LogP contribution is 2.30. The van der Waals surface area contributed by atoms with Gasteiger partial charge in [0.1, 0.15) is 5.76 Å². The topological polar surface area (TPSA) is 83.7 Å². The highest BCUT2D eigenvalue weighted by molar-refractivity contribution is 6.02. The molecule has 2 amide bonds. The van der Waals surface area contributed by atoms with E-state index >= 15 is 0 Å². The minimum atomic E-state index is -0.321. The fourth-order valence-corrected chi connectivity index (χ4v) is 2.29. The number of amides is 2. The van der Waals surface area contributed by atoms with Crippen LogP contribution in [0.4, 0.5) is 5.69 Å². The lowest BCUT2D eigenvalue weighted by molar-refractivity contribution is -0.117. The monoisotopic (exact) mass is 325 g/mol. The molecule has 1 aromatic heterocycles. The quantitative estimate of drug-likeness (QED) is 0.654. The number of furan rings is 1. The van der Waals surface area contributed by atoms with Gasteiger partial charge in [-0.25, -0.2) is 5.43 Å². The maximum absolute atomic E-state index is 12.0. The van der Waals surface area contributed by atoms with E-state index in [1.54, 1.807) is 19.9 Å². The average Bonchev–Trinajstić information content (AvgIpc) is 3.34. The third kappa shape index (κ3) is 3.71. The molecule has 0 radical (unpaired) electrons. The number of carbonyl (C=O) groups excluding carboxylic acids is 2. The summed E-state index contributed by atoms with van der Waals surface area (Å²) in [6, 6.07) is 9.00. The highest BCUT2D eigenvalue weighted by Gasteiger charge is 2.29. The summed E-state index contributed by atoms with van der Waals surface area (Å²) in [5.41, 5.74) is 5.17. The number of anilines is 1. The van der Waals surface area contributed by atoms with Crippen molar-refractivity contribution in [2.75, 3.05) is 5.32 Å². The van der Waals surface area contributed by atoms with Crippen molar-refractivity contribution >= 4 is 23.2 Å². The molecule has 0 aliphatic heterocycles. The highest BCUT2D eigenvalue weighted by atomic mass is 16.3. The first-order valence-corrected chi connectivity index (χ1v) is 7.84. The third-order valence-corrected chi connectivity index (χ3v) is 3.92. The maximum atomic E-state index is 12.0. The first-order valence-electron chi connectivity index (χ1n) is 7.84. The molecule has 6 nitrogen and oxygen atoms in total. The van der Waals surface area contributed by atoms with Crippen molar-refractivity contribution in [2.24, 2.45) is 11.0 Å². The van der Waals surface area contributed by atoms with Gasteiger partial charge in [0.2, 0.25) is 5.91 Å². The van der Waals surface area contributed by atoms with Crippen LogP contribution in [-0.2, 0) is 4.79 Å². The fourth-order valence-electron chi connectivity index (χ4n) is 2.29. The van der Waals surface area contributed by atoms with E-state index in [9.17, 15) is 9.59 Å². The molecule has 24 heavy (non-hydrogen) atoms. The summed E-state index contributed by atoms with van der Waals surface area (Å²) in [4.78, 5) is 23.8. The van der Waals surface area contributed by atoms with E-state index < -0.39 is 0 Å². The van der Waals surface area contributed by atoms with Crippen LogP contribution in [0, 0.1) is 12.8 Å². The number of hydrogen-bond acceptors (Lipinski definition) is 4. The summed E-state index contributed by atoms with van der Waals surface area (Å²) in [5, 5.41) is 7.02. The van der Waals surface area contributed by atoms with Gasteiger partial charge in [0.05, 0.1) is 17.5 Å². The Labute approximate surface area is 139 Å². The van der Waals surface area contributed by atoms with Crippen LogP contribution in [0.25, 0.3) is 0 Å². The summed E-state index contributed by atoms with van der Waals surface area (Å²) < 4.78 is 5.10. The van der Waals surface area contributed by atoms with Crippen molar-refractivity contribution in [3.63, 3.8) is 0 Å². The lowest BCUT2D eigenvalue weighted by atomic mass is 10.1. The van der Waals surface area contributed by atoms with Gasteiger partial charge in [0.15, 0.2) is 0 Å². The van der Waals surface area contributed by atoms with E-state index in [0.717, 1.165) is 24.1 Å². The number of aryl methyl sites for hydroxylation is 1. The molecule has 1 saturated carbocycles. The predicted molar refractivity (Wildman–Crippen MR) is 90.9 cm³/mol. The Bertz CT molecular complexity index is 803. The molecule has 6 heteroatoms. The normalized spacial score (nSPS) is 14.3. The molecule has 1 heterocycles. The van der Waals surface area contributed by atoms with Gasteiger partial charge in [0, 0.05) is 11.6 Å². The molecule has 2 aromatic rings. The van der Waals surface area contributed by atoms with Crippen LogP contribution in [0.15, 0.2) is 46.1 Å². The number of hydrogen-bond donors (Lipinski definition) is 2. The molecule has 1 aliphatic rings. The zero-order valence-corrected chi connectivity index (χ0v) is 13.6. The van der Waals surface area contributed by atoms with Crippen molar-refractivity contribution < 1.29 is 14.0 Å². The van der Waals surface area contributed by atoms with Gasteiger partial charge in [-0.05, 0) is 50.5 Å². The van der Waals surface area contributed by atoms with Crippen LogP contribution in [0.1, 0.15) is 41.4 Å². The van der Waals surface area contributed by atoms with Crippen molar-refractivity contribution in [1.29, 1.82) is 0 Å². The van der Waals surface area contributed by atoms with Gasteiger partial charge >= 0.3 is 0 Å². The Hall–Kier alpha value is -2.89. The lowest BCUT2D eigenvalue weighted by Crippen LogP contribution is -2.19. The van der Waals surface area contributed by atoms with E-state index in [1.165, 1.54) is 6.26 Å². The first-order chi connectivity index (χ1) is 11.5. The molecule has 0 saturated heterocycles. The van der Waals surface area contributed by atoms with E-state index in [1.807, 2.05) is 24.3 Å². The fraction of sp³-hybridized carbons (Fsp3) is 0.278. The van der Waals surface area contributed by atoms with Gasteiger partial charge in [-0.1, -0.05) is 12.1 Å². The zero-order valence-electron chi connectivity index (χ0n) is 13.6. The standard InChI is InChI=1S/C18H19N3O3/c1-11(20-21-18(23)16-8-9-24-12(16)2)14-4-3-5-15(10-14)19-17(22)13-6-7-13/h3-5,8-10,13H,6-7H2,1-2H3,(H,19,22)(H,21,23). The van der Waals surface area contributed by atoms with E-state index in [4.69, 9.17) is 4.42 Å². The number of rotatable bonds is 5. The Morgan fingerprint density at radius 3 is 2.71 bits per heavy atom. The van der Waals surface area contributed by atoms with Crippen LogP contribution < -0.4 is 10.7 Å². The second kappa shape index (κ2) is 6.70. The Balaban J connectivity index is 1.67. The summed E-state index contributed by atoms with van der Waals surface area (Å²) in [7, 11) is 0. The molecule has 3 rings (SSSR count). The molecule has 0 spiro atoms.